The molecule has 0 spiro atoms. The van der Waals surface area contributed by atoms with Crippen LogP contribution in [0, 0.1) is 6.92 Å². The first kappa shape index (κ1) is 23.6. The fourth-order valence-electron chi connectivity index (χ4n) is 3.55. The lowest BCUT2D eigenvalue weighted by molar-refractivity contribution is 0.414. The molecular weight excluding hydrogens is 515 g/mol. The number of methoxy groups -OCH3 is 1. The number of ether oxygens (including phenoxy) is 1. The van der Waals surface area contributed by atoms with E-state index in [-0.39, 0.29) is 24.0 Å². The summed E-state index contributed by atoms with van der Waals surface area (Å²) in [4.78, 5) is 7.68. The molecule has 0 amide bonds. The van der Waals surface area contributed by atoms with E-state index in [1.54, 1.807) is 14.2 Å². The molecule has 0 aliphatic carbocycles. The second kappa shape index (κ2) is 11.0. The Morgan fingerprint density at radius 1 is 1.12 bits per heavy atom. The number of halogens is 1. The Kier molecular flexibility index (Phi) is 8.15. The summed E-state index contributed by atoms with van der Waals surface area (Å²) in [5, 5.41) is 12.6. The molecule has 0 aliphatic rings. The van der Waals surface area contributed by atoms with Crippen molar-refractivity contribution in [1.82, 2.24) is 25.4 Å². The third-order valence-corrected chi connectivity index (χ3v) is 5.25. The van der Waals surface area contributed by atoms with Gasteiger partial charge < -0.3 is 20.4 Å². The van der Waals surface area contributed by atoms with Crippen molar-refractivity contribution in [2.45, 2.75) is 19.9 Å². The van der Waals surface area contributed by atoms with Gasteiger partial charge in [0.1, 0.15) is 5.75 Å². The number of guanidine groups is 1. The first-order valence-corrected chi connectivity index (χ1v) is 10.4. The van der Waals surface area contributed by atoms with E-state index in [1.165, 1.54) is 22.0 Å². The van der Waals surface area contributed by atoms with Crippen molar-refractivity contribution in [1.29, 1.82) is 0 Å². The number of nitrogens with one attached hydrogen (secondary N) is 3. The van der Waals surface area contributed by atoms with Crippen LogP contribution >= 0.6 is 24.0 Å². The standard InChI is InChI=1S/C24H28N6O.HI/c1-17-4-9-22-18(15-27-23(22)14-17)10-12-26-24(25-2)28-16-19-11-13-30(29-19)20-5-7-21(31-3)8-6-20;/h4-9,11,13-15,27H,10,12,16H2,1-3H3,(H2,25,26,28);1H. The third kappa shape index (κ3) is 5.61. The van der Waals surface area contributed by atoms with Crippen molar-refractivity contribution in [2.75, 3.05) is 20.7 Å². The van der Waals surface area contributed by atoms with E-state index in [2.05, 4.69) is 57.0 Å². The van der Waals surface area contributed by atoms with Crippen molar-refractivity contribution in [2.24, 2.45) is 4.99 Å². The van der Waals surface area contributed by atoms with Gasteiger partial charge in [0.25, 0.3) is 0 Å². The van der Waals surface area contributed by atoms with Crippen molar-refractivity contribution in [3.63, 3.8) is 0 Å². The molecule has 0 aliphatic heterocycles. The molecule has 2 aromatic heterocycles. The molecule has 0 unspecified atom stereocenters. The highest BCUT2D eigenvalue weighted by molar-refractivity contribution is 14.0. The van der Waals surface area contributed by atoms with Gasteiger partial charge in [0.15, 0.2) is 5.96 Å². The van der Waals surface area contributed by atoms with Gasteiger partial charge in [0, 0.05) is 36.9 Å². The number of rotatable bonds is 7. The van der Waals surface area contributed by atoms with Gasteiger partial charge in [-0.2, -0.15) is 5.10 Å². The molecule has 0 saturated heterocycles. The number of aromatic amines is 1. The first-order valence-electron chi connectivity index (χ1n) is 10.4. The van der Waals surface area contributed by atoms with Crippen LogP contribution in [-0.4, -0.2) is 41.4 Å². The van der Waals surface area contributed by atoms with E-state index < -0.39 is 0 Å². The molecule has 0 atom stereocenters. The molecule has 4 rings (SSSR count). The van der Waals surface area contributed by atoms with Gasteiger partial charge in [-0.15, -0.1) is 24.0 Å². The van der Waals surface area contributed by atoms with Gasteiger partial charge >= 0.3 is 0 Å². The lowest BCUT2D eigenvalue weighted by Gasteiger charge is -2.11. The van der Waals surface area contributed by atoms with E-state index in [0.29, 0.717) is 6.54 Å². The summed E-state index contributed by atoms with van der Waals surface area (Å²) >= 11 is 0. The summed E-state index contributed by atoms with van der Waals surface area (Å²) in [6.45, 7) is 3.49. The molecule has 0 saturated carbocycles. The molecule has 3 N–H and O–H groups in total. The minimum atomic E-state index is 0. The Morgan fingerprint density at radius 2 is 1.94 bits per heavy atom. The molecule has 32 heavy (non-hydrogen) atoms. The number of aliphatic imine (C=N–C) groups is 1. The number of hydrogen-bond acceptors (Lipinski definition) is 3. The Balaban J connectivity index is 0.00000289. The summed E-state index contributed by atoms with van der Waals surface area (Å²) in [6.07, 6.45) is 4.96. The molecule has 0 radical (unpaired) electrons. The van der Waals surface area contributed by atoms with Crippen molar-refractivity contribution in [3.8, 4) is 11.4 Å². The predicted molar refractivity (Wildman–Crippen MR) is 140 cm³/mol. The normalized spacial score (nSPS) is 11.3. The lowest BCUT2D eigenvalue weighted by atomic mass is 10.1. The van der Waals surface area contributed by atoms with Crippen LogP contribution in [0.25, 0.3) is 16.6 Å². The Hall–Kier alpha value is -3.01. The number of benzene rings is 2. The maximum Gasteiger partial charge on any atom is 0.191 e. The summed E-state index contributed by atoms with van der Waals surface area (Å²) in [5.41, 5.74) is 5.67. The van der Waals surface area contributed by atoms with Crippen molar-refractivity contribution < 1.29 is 4.74 Å². The quantitative estimate of drug-likeness (QED) is 0.185. The molecular formula is C24H29IN6O. The summed E-state index contributed by atoms with van der Waals surface area (Å²) in [5.74, 6) is 1.59. The maximum atomic E-state index is 5.21. The van der Waals surface area contributed by atoms with Gasteiger partial charge in [-0.25, -0.2) is 4.68 Å². The van der Waals surface area contributed by atoms with Gasteiger partial charge in [-0.3, -0.25) is 4.99 Å². The smallest absolute Gasteiger partial charge is 0.191 e. The Morgan fingerprint density at radius 3 is 2.69 bits per heavy atom. The van der Waals surface area contributed by atoms with Gasteiger partial charge in [-0.05, 0) is 60.9 Å². The van der Waals surface area contributed by atoms with Crippen LogP contribution in [0.5, 0.6) is 5.75 Å². The number of H-pyrrole nitrogens is 1. The first-order chi connectivity index (χ1) is 15.2. The van der Waals surface area contributed by atoms with Crippen molar-refractivity contribution >= 4 is 40.8 Å². The molecule has 2 heterocycles. The minimum absolute atomic E-state index is 0. The molecule has 0 fully saturated rings. The fraction of sp³-hybridized carbons (Fsp3) is 0.250. The molecule has 0 bridgehead atoms. The molecule has 2 aromatic carbocycles. The van der Waals surface area contributed by atoms with E-state index in [9.17, 15) is 0 Å². The largest absolute Gasteiger partial charge is 0.497 e. The number of aromatic nitrogens is 3. The van der Waals surface area contributed by atoms with Gasteiger partial charge in [-0.1, -0.05) is 12.1 Å². The van der Waals surface area contributed by atoms with Gasteiger partial charge in [0.2, 0.25) is 0 Å². The van der Waals surface area contributed by atoms with Crippen LogP contribution in [0.15, 0.2) is 65.9 Å². The zero-order chi connectivity index (χ0) is 21.6. The van der Waals surface area contributed by atoms with Crippen LogP contribution in [0.1, 0.15) is 16.8 Å². The Labute approximate surface area is 205 Å². The molecule has 7 nitrogen and oxygen atoms in total. The van der Waals surface area contributed by atoms with Crippen LogP contribution in [0.2, 0.25) is 0 Å². The highest BCUT2D eigenvalue weighted by Gasteiger charge is 2.06. The number of aryl methyl sites for hydroxylation is 1. The summed E-state index contributed by atoms with van der Waals surface area (Å²) in [6, 6.07) is 16.3. The van der Waals surface area contributed by atoms with Crippen molar-refractivity contribution in [3.05, 3.63) is 77.7 Å². The minimum Gasteiger partial charge on any atom is -0.497 e. The third-order valence-electron chi connectivity index (χ3n) is 5.25. The second-order valence-corrected chi connectivity index (χ2v) is 7.42. The van der Waals surface area contributed by atoms with E-state index in [1.807, 2.05) is 41.2 Å². The predicted octanol–water partition coefficient (Wildman–Crippen LogP) is 4.20. The zero-order valence-electron chi connectivity index (χ0n) is 18.6. The molecule has 4 aromatic rings. The molecule has 168 valence electrons. The highest BCUT2D eigenvalue weighted by Crippen LogP contribution is 2.19. The van der Waals surface area contributed by atoms with Gasteiger partial charge in [0.05, 0.1) is 25.0 Å². The van der Waals surface area contributed by atoms with Crippen LogP contribution in [-0.2, 0) is 13.0 Å². The van der Waals surface area contributed by atoms with E-state index in [4.69, 9.17) is 4.74 Å². The average Bonchev–Trinajstić information content (AvgIpc) is 3.43. The van der Waals surface area contributed by atoms with E-state index >= 15 is 0 Å². The van der Waals surface area contributed by atoms with Crippen LogP contribution in [0.3, 0.4) is 0 Å². The number of fused-ring (bicyclic) bond motifs is 1. The number of nitrogens with zero attached hydrogens (tertiary/aromatic N) is 3. The molecule has 8 heteroatoms. The topological polar surface area (TPSA) is 79.3 Å². The van der Waals surface area contributed by atoms with Crippen LogP contribution < -0.4 is 15.4 Å². The SMILES string of the molecule is CN=C(NCCc1c[nH]c2cc(C)ccc12)NCc1ccn(-c2ccc(OC)cc2)n1.I. The second-order valence-electron chi connectivity index (χ2n) is 7.42. The fourth-order valence-corrected chi connectivity index (χ4v) is 3.55. The maximum absolute atomic E-state index is 5.21. The zero-order valence-corrected chi connectivity index (χ0v) is 20.9. The number of hydrogen-bond donors (Lipinski definition) is 3. The summed E-state index contributed by atoms with van der Waals surface area (Å²) in [7, 11) is 3.44. The summed E-state index contributed by atoms with van der Waals surface area (Å²) < 4.78 is 7.06. The lowest BCUT2D eigenvalue weighted by Crippen LogP contribution is -2.37. The van der Waals surface area contributed by atoms with E-state index in [0.717, 1.165) is 36.1 Å². The monoisotopic (exact) mass is 544 g/mol. The highest BCUT2D eigenvalue weighted by atomic mass is 127. The average molecular weight is 544 g/mol. The Bertz CT molecular complexity index is 1180. The van der Waals surface area contributed by atoms with Crippen LogP contribution in [0.4, 0.5) is 0 Å².